The van der Waals surface area contributed by atoms with Gasteiger partial charge in [0.1, 0.15) is 23.9 Å². The number of hydrogen-bond donors (Lipinski definition) is 2. The molecule has 1 atom stereocenters. The largest absolute Gasteiger partial charge is 0.497 e. The Kier molecular flexibility index (Phi) is 5.28. The normalized spacial score (nSPS) is 14.8. The summed E-state index contributed by atoms with van der Waals surface area (Å²) in [5.41, 5.74) is 2.93. The molecule has 31 heavy (non-hydrogen) atoms. The van der Waals surface area contributed by atoms with Gasteiger partial charge >= 0.3 is 0 Å². The fraction of sp³-hybridized carbons (Fsp3) is 0.182. The number of benzene rings is 2. The lowest BCUT2D eigenvalue weighted by Gasteiger charge is -2.29. The first-order valence-corrected chi connectivity index (χ1v) is 9.46. The molecule has 0 saturated heterocycles. The van der Waals surface area contributed by atoms with Gasteiger partial charge in [-0.2, -0.15) is 15.3 Å². The fourth-order valence-corrected chi connectivity index (χ4v) is 3.53. The molecule has 9 nitrogen and oxygen atoms in total. The van der Waals surface area contributed by atoms with Crippen molar-refractivity contribution < 1.29 is 14.3 Å². The number of aromatic nitrogens is 3. The smallest absolute Gasteiger partial charge is 0.255 e. The van der Waals surface area contributed by atoms with Crippen LogP contribution in [0.1, 0.15) is 24.1 Å². The van der Waals surface area contributed by atoms with Crippen LogP contribution in [0.2, 0.25) is 0 Å². The first-order chi connectivity index (χ1) is 15.0. The monoisotopic (exact) mass is 416 g/mol. The SMILES string of the molecule is COc1ccc(OC)c(NC(=O)C2=C(C)Nc3ncnn3[C@H]2c2ccc(C#N)cc2)c1. The van der Waals surface area contributed by atoms with E-state index in [9.17, 15) is 4.79 Å². The predicted octanol–water partition coefficient (Wildman–Crippen LogP) is 3.09. The van der Waals surface area contributed by atoms with E-state index in [-0.39, 0.29) is 5.91 Å². The van der Waals surface area contributed by atoms with Crippen LogP contribution in [0.3, 0.4) is 0 Å². The summed E-state index contributed by atoms with van der Waals surface area (Å²) in [5.74, 6) is 1.30. The van der Waals surface area contributed by atoms with Crippen LogP contribution in [-0.4, -0.2) is 34.9 Å². The minimum Gasteiger partial charge on any atom is -0.497 e. The van der Waals surface area contributed by atoms with E-state index in [1.165, 1.54) is 13.4 Å². The summed E-state index contributed by atoms with van der Waals surface area (Å²) >= 11 is 0. The lowest BCUT2D eigenvalue weighted by atomic mass is 9.94. The molecule has 1 aliphatic rings. The molecule has 2 heterocycles. The number of carbonyl (C=O) groups excluding carboxylic acids is 1. The maximum atomic E-state index is 13.5. The van der Waals surface area contributed by atoms with Crippen LogP contribution in [0.15, 0.2) is 60.1 Å². The van der Waals surface area contributed by atoms with Crippen molar-refractivity contribution in [2.24, 2.45) is 0 Å². The van der Waals surface area contributed by atoms with Crippen LogP contribution in [0.4, 0.5) is 11.6 Å². The summed E-state index contributed by atoms with van der Waals surface area (Å²) in [6.45, 7) is 1.81. The Labute approximate surface area is 178 Å². The third-order valence-electron chi connectivity index (χ3n) is 5.05. The second-order valence-electron chi connectivity index (χ2n) is 6.85. The van der Waals surface area contributed by atoms with Gasteiger partial charge < -0.3 is 20.1 Å². The molecule has 0 aliphatic carbocycles. The quantitative estimate of drug-likeness (QED) is 0.657. The van der Waals surface area contributed by atoms with E-state index in [2.05, 4.69) is 26.8 Å². The molecule has 0 spiro atoms. The number of hydrogen-bond acceptors (Lipinski definition) is 7. The van der Waals surface area contributed by atoms with Gasteiger partial charge in [0.25, 0.3) is 5.91 Å². The van der Waals surface area contributed by atoms with E-state index in [1.54, 1.807) is 42.1 Å². The van der Waals surface area contributed by atoms with E-state index in [0.717, 1.165) is 5.56 Å². The summed E-state index contributed by atoms with van der Waals surface area (Å²) < 4.78 is 12.3. The zero-order valence-electron chi connectivity index (χ0n) is 17.2. The number of allylic oxidation sites excluding steroid dienone is 1. The van der Waals surface area contributed by atoms with Crippen LogP contribution in [0.25, 0.3) is 0 Å². The molecule has 1 aromatic heterocycles. The maximum Gasteiger partial charge on any atom is 0.255 e. The molecule has 0 unspecified atom stereocenters. The Morgan fingerprint density at radius 1 is 1.19 bits per heavy atom. The van der Waals surface area contributed by atoms with E-state index in [0.29, 0.717) is 40.0 Å². The average molecular weight is 416 g/mol. The van der Waals surface area contributed by atoms with Gasteiger partial charge in [-0.05, 0) is 36.8 Å². The second-order valence-corrected chi connectivity index (χ2v) is 6.85. The maximum absolute atomic E-state index is 13.5. The molecular weight excluding hydrogens is 396 g/mol. The molecular formula is C22H20N6O3. The number of carbonyl (C=O) groups is 1. The molecule has 1 amide bonds. The van der Waals surface area contributed by atoms with E-state index in [1.807, 2.05) is 19.1 Å². The predicted molar refractivity (Wildman–Crippen MR) is 114 cm³/mol. The van der Waals surface area contributed by atoms with Crippen LogP contribution in [0, 0.1) is 11.3 Å². The van der Waals surface area contributed by atoms with Crippen molar-refractivity contribution >= 4 is 17.5 Å². The number of nitrogens with zero attached hydrogens (tertiary/aromatic N) is 4. The molecule has 4 rings (SSSR count). The molecule has 3 aromatic rings. The van der Waals surface area contributed by atoms with Gasteiger partial charge in [-0.25, -0.2) is 4.68 Å². The highest BCUT2D eigenvalue weighted by Crippen LogP contribution is 2.36. The summed E-state index contributed by atoms with van der Waals surface area (Å²) in [7, 11) is 3.09. The van der Waals surface area contributed by atoms with Crippen molar-refractivity contribution in [3.05, 3.63) is 71.2 Å². The highest BCUT2D eigenvalue weighted by molar-refractivity contribution is 6.06. The van der Waals surface area contributed by atoms with Crippen molar-refractivity contribution in [1.82, 2.24) is 14.8 Å². The second kappa shape index (κ2) is 8.20. The van der Waals surface area contributed by atoms with Crippen molar-refractivity contribution in [1.29, 1.82) is 5.26 Å². The van der Waals surface area contributed by atoms with Crippen molar-refractivity contribution in [3.63, 3.8) is 0 Å². The van der Waals surface area contributed by atoms with Gasteiger partial charge in [-0.15, -0.1) is 0 Å². The Morgan fingerprint density at radius 2 is 1.97 bits per heavy atom. The number of nitriles is 1. The topological polar surface area (TPSA) is 114 Å². The lowest BCUT2D eigenvalue weighted by Crippen LogP contribution is -2.31. The van der Waals surface area contributed by atoms with Gasteiger partial charge in [0.15, 0.2) is 0 Å². The zero-order valence-corrected chi connectivity index (χ0v) is 17.2. The molecule has 9 heteroatoms. The molecule has 0 saturated carbocycles. The zero-order chi connectivity index (χ0) is 22.0. The van der Waals surface area contributed by atoms with Gasteiger partial charge in [-0.3, -0.25) is 4.79 Å². The third kappa shape index (κ3) is 3.67. The van der Waals surface area contributed by atoms with Crippen molar-refractivity contribution in [2.45, 2.75) is 13.0 Å². The van der Waals surface area contributed by atoms with Crippen LogP contribution in [0.5, 0.6) is 11.5 Å². The first-order valence-electron chi connectivity index (χ1n) is 9.46. The number of amides is 1. The standard InChI is InChI=1S/C22H20N6O3/c1-13-19(21(29)27-17-10-16(30-2)8-9-18(17)31-3)20(28-22(26-13)24-12-25-28)15-6-4-14(11-23)5-7-15/h4-10,12,20H,1-3H3,(H,27,29)(H,24,25,26)/t20-/m0/s1. The minimum atomic E-state index is -0.525. The first kappa shape index (κ1) is 20.0. The minimum absolute atomic E-state index is 0.327. The summed E-state index contributed by atoms with van der Waals surface area (Å²) in [4.78, 5) is 17.7. The summed E-state index contributed by atoms with van der Waals surface area (Å²) in [5, 5.41) is 19.5. The Hall–Kier alpha value is -4.32. The number of nitrogens with one attached hydrogen (secondary N) is 2. The average Bonchev–Trinajstić information content (AvgIpc) is 3.26. The number of anilines is 2. The van der Waals surface area contributed by atoms with Gasteiger partial charge in [0, 0.05) is 11.8 Å². The van der Waals surface area contributed by atoms with Crippen LogP contribution >= 0.6 is 0 Å². The van der Waals surface area contributed by atoms with E-state index >= 15 is 0 Å². The molecule has 2 aromatic carbocycles. The van der Waals surface area contributed by atoms with Gasteiger partial charge in [0.05, 0.1) is 37.1 Å². The highest BCUT2D eigenvalue weighted by Gasteiger charge is 2.33. The van der Waals surface area contributed by atoms with Gasteiger partial charge in [-0.1, -0.05) is 12.1 Å². The molecule has 156 valence electrons. The fourth-order valence-electron chi connectivity index (χ4n) is 3.53. The van der Waals surface area contributed by atoms with E-state index < -0.39 is 6.04 Å². The summed E-state index contributed by atoms with van der Waals surface area (Å²) in [6, 6.07) is 13.8. The number of fused-ring (bicyclic) bond motifs is 1. The lowest BCUT2D eigenvalue weighted by molar-refractivity contribution is -0.113. The molecule has 1 aliphatic heterocycles. The van der Waals surface area contributed by atoms with Crippen LogP contribution < -0.4 is 20.1 Å². The van der Waals surface area contributed by atoms with Crippen molar-refractivity contribution in [3.8, 4) is 17.6 Å². The Morgan fingerprint density at radius 3 is 2.65 bits per heavy atom. The third-order valence-corrected chi connectivity index (χ3v) is 5.05. The molecule has 0 fully saturated rings. The highest BCUT2D eigenvalue weighted by atomic mass is 16.5. The molecule has 0 bridgehead atoms. The molecule has 2 N–H and O–H groups in total. The van der Waals surface area contributed by atoms with Crippen LogP contribution in [-0.2, 0) is 4.79 Å². The van der Waals surface area contributed by atoms with Gasteiger partial charge in [0.2, 0.25) is 5.95 Å². The Balaban J connectivity index is 1.76. The Bertz CT molecular complexity index is 1210. The summed E-state index contributed by atoms with van der Waals surface area (Å²) in [6.07, 6.45) is 1.43. The van der Waals surface area contributed by atoms with E-state index in [4.69, 9.17) is 14.7 Å². The number of ether oxygens (including phenoxy) is 2. The van der Waals surface area contributed by atoms with Crippen molar-refractivity contribution in [2.75, 3.05) is 24.9 Å². The number of methoxy groups -OCH3 is 2. The number of rotatable bonds is 5. The molecule has 0 radical (unpaired) electrons.